The number of amides is 3. The summed E-state index contributed by atoms with van der Waals surface area (Å²) in [6, 6.07) is 13.9. The van der Waals surface area contributed by atoms with Gasteiger partial charge in [-0.1, -0.05) is 18.2 Å². The molecule has 51 heavy (non-hydrogen) atoms. The van der Waals surface area contributed by atoms with Gasteiger partial charge in [0, 0.05) is 63.5 Å². The fourth-order valence-electron chi connectivity index (χ4n) is 7.11. The molecule has 0 bridgehead atoms. The van der Waals surface area contributed by atoms with Gasteiger partial charge in [-0.3, -0.25) is 19.7 Å². The van der Waals surface area contributed by atoms with Crippen LogP contribution in [-0.4, -0.2) is 90.4 Å². The van der Waals surface area contributed by atoms with Crippen LogP contribution in [0.2, 0.25) is 0 Å². The van der Waals surface area contributed by atoms with Crippen molar-refractivity contribution in [2.45, 2.75) is 61.6 Å². The van der Waals surface area contributed by atoms with E-state index in [-0.39, 0.29) is 24.3 Å². The average molecular weight is 724 g/mol. The Morgan fingerprint density at radius 2 is 1.71 bits per heavy atom. The van der Waals surface area contributed by atoms with Crippen LogP contribution in [0, 0.1) is 0 Å². The third kappa shape index (κ3) is 7.92. The molecule has 2 aromatic carbocycles. The van der Waals surface area contributed by atoms with Gasteiger partial charge in [0.25, 0.3) is 0 Å². The quantitative estimate of drug-likeness (QED) is 0.251. The standard InChI is InChI=1S/C35H40F3N9O3S/c1-44-30-20-25(5-6-29(30)32(43-44)47-18-12-31(48)42-34(47)49)24-8-14-45(15-9-24)13-7-23-3-2-4-28(19-23)51(50)46-16-10-27(11-17-46)41-33-39-21-26(22-40-33)35(36,37)38/h2-6,19-22,24,27H,7-18H2,1H3,(H,39,40,41)(H,42,48,49). The van der Waals surface area contributed by atoms with Crippen molar-refractivity contribution in [2.75, 3.05) is 49.5 Å². The van der Waals surface area contributed by atoms with Crippen molar-refractivity contribution >= 4 is 45.6 Å². The summed E-state index contributed by atoms with van der Waals surface area (Å²) < 4.78 is 55.6. The van der Waals surface area contributed by atoms with Gasteiger partial charge in [0.2, 0.25) is 11.9 Å². The number of halogens is 3. The van der Waals surface area contributed by atoms with Gasteiger partial charge in [0.1, 0.15) is 11.0 Å². The summed E-state index contributed by atoms with van der Waals surface area (Å²) in [5, 5.41) is 11.0. The molecule has 3 fully saturated rings. The highest BCUT2D eigenvalue weighted by Crippen LogP contribution is 2.34. The minimum absolute atomic E-state index is 0.0143. The number of alkyl halides is 3. The van der Waals surface area contributed by atoms with Gasteiger partial charge in [-0.15, -0.1) is 0 Å². The van der Waals surface area contributed by atoms with Crippen molar-refractivity contribution in [3.8, 4) is 0 Å². The zero-order valence-electron chi connectivity index (χ0n) is 28.2. The molecule has 7 rings (SSSR count). The number of imide groups is 1. The summed E-state index contributed by atoms with van der Waals surface area (Å²) in [6.07, 6.45) is 1.60. The number of nitrogens with zero attached hydrogens (tertiary/aromatic N) is 7. The van der Waals surface area contributed by atoms with Gasteiger partial charge in [-0.05, 0) is 86.5 Å². The number of hydrogen-bond acceptors (Lipinski definition) is 8. The Bertz CT molecular complexity index is 1920. The minimum atomic E-state index is -4.48. The summed E-state index contributed by atoms with van der Waals surface area (Å²) in [7, 11) is 0.565. The van der Waals surface area contributed by atoms with Crippen LogP contribution in [0.15, 0.2) is 59.8 Å². The predicted molar refractivity (Wildman–Crippen MR) is 186 cm³/mol. The van der Waals surface area contributed by atoms with E-state index in [0.29, 0.717) is 44.2 Å². The van der Waals surface area contributed by atoms with Gasteiger partial charge in [0.05, 0.1) is 16.0 Å². The number of aromatic nitrogens is 4. The van der Waals surface area contributed by atoms with Crippen LogP contribution in [0.4, 0.5) is 29.7 Å². The van der Waals surface area contributed by atoms with Gasteiger partial charge in [-0.25, -0.2) is 23.3 Å². The minimum Gasteiger partial charge on any atom is -0.351 e. The number of aryl methyl sites for hydroxylation is 1. The highest BCUT2D eigenvalue weighted by molar-refractivity contribution is 7.82. The zero-order valence-corrected chi connectivity index (χ0v) is 29.1. The first-order chi connectivity index (χ1) is 24.5. The highest BCUT2D eigenvalue weighted by Gasteiger charge is 2.32. The Kier molecular flexibility index (Phi) is 10.1. The molecule has 2 N–H and O–H groups in total. The number of urea groups is 1. The molecule has 0 saturated carbocycles. The SMILES string of the molecule is Cn1nc(N2CCC(=O)NC2=O)c2ccc(C3CCN(CCc4cccc(S(=O)N5CCC(Nc6ncc(C(F)(F)F)cn6)CC5)c4)CC3)cc21. The molecule has 12 nitrogen and oxygen atoms in total. The fourth-order valence-corrected chi connectivity index (χ4v) is 8.40. The number of carbonyl (C=O) groups is 2. The first kappa shape index (κ1) is 35.0. The van der Waals surface area contributed by atoms with Gasteiger partial charge >= 0.3 is 12.2 Å². The summed E-state index contributed by atoms with van der Waals surface area (Å²) in [5.74, 6) is 0.881. The van der Waals surface area contributed by atoms with E-state index in [1.807, 2.05) is 35.6 Å². The maximum absolute atomic E-state index is 13.5. The maximum Gasteiger partial charge on any atom is 0.419 e. The third-order valence-corrected chi connectivity index (χ3v) is 11.5. The Hall–Kier alpha value is -4.41. The van der Waals surface area contributed by atoms with Crippen LogP contribution >= 0.6 is 0 Å². The third-order valence-electron chi connectivity index (χ3n) is 10.0. The maximum atomic E-state index is 13.5. The van der Waals surface area contributed by atoms with E-state index >= 15 is 0 Å². The number of hydrogen-bond donors (Lipinski definition) is 2. The molecule has 2 aromatic heterocycles. The summed E-state index contributed by atoms with van der Waals surface area (Å²) in [5.41, 5.74) is 2.48. The molecule has 270 valence electrons. The van der Waals surface area contributed by atoms with Crippen LogP contribution in [0.5, 0.6) is 0 Å². The van der Waals surface area contributed by atoms with Crippen LogP contribution in [0.25, 0.3) is 10.9 Å². The second-order valence-electron chi connectivity index (χ2n) is 13.4. The fraction of sp³-hybridized carbons (Fsp3) is 0.457. The number of benzene rings is 2. The van der Waals surface area contributed by atoms with Crippen molar-refractivity contribution in [1.82, 2.24) is 34.3 Å². The van der Waals surface area contributed by atoms with Gasteiger partial charge in [-0.2, -0.15) is 18.3 Å². The van der Waals surface area contributed by atoms with Crippen molar-refractivity contribution < 1.29 is 27.0 Å². The number of fused-ring (bicyclic) bond motifs is 1. The van der Waals surface area contributed by atoms with E-state index in [2.05, 4.69) is 48.8 Å². The number of likely N-dealkylation sites (tertiary alicyclic amines) is 1. The zero-order chi connectivity index (χ0) is 35.7. The van der Waals surface area contributed by atoms with Crippen LogP contribution in [-0.2, 0) is 35.4 Å². The summed E-state index contributed by atoms with van der Waals surface area (Å²) in [4.78, 5) is 36.5. The first-order valence-corrected chi connectivity index (χ1v) is 18.3. The molecule has 5 heterocycles. The lowest BCUT2D eigenvalue weighted by molar-refractivity contribution is -0.138. The Balaban J connectivity index is 0.881. The van der Waals surface area contributed by atoms with Gasteiger partial charge in [0.15, 0.2) is 5.82 Å². The smallest absolute Gasteiger partial charge is 0.351 e. The largest absolute Gasteiger partial charge is 0.419 e. The topological polar surface area (TPSA) is 129 Å². The Morgan fingerprint density at radius 3 is 2.41 bits per heavy atom. The van der Waals surface area contributed by atoms with E-state index in [1.165, 1.54) is 10.5 Å². The molecule has 3 aliphatic rings. The normalized spacial score (nSPS) is 19.4. The van der Waals surface area contributed by atoms with E-state index in [4.69, 9.17) is 0 Å². The predicted octanol–water partition coefficient (Wildman–Crippen LogP) is 4.85. The molecular formula is C35H40F3N9O3S. The number of rotatable bonds is 9. The van der Waals surface area contributed by atoms with E-state index in [0.717, 1.165) is 72.7 Å². The molecule has 0 spiro atoms. The van der Waals surface area contributed by atoms with Crippen molar-refractivity contribution in [2.24, 2.45) is 7.05 Å². The van der Waals surface area contributed by atoms with Crippen molar-refractivity contribution in [3.05, 3.63) is 71.5 Å². The second kappa shape index (κ2) is 14.7. The van der Waals surface area contributed by atoms with Gasteiger partial charge < -0.3 is 10.2 Å². The summed E-state index contributed by atoms with van der Waals surface area (Å²) >= 11 is 0. The van der Waals surface area contributed by atoms with Crippen molar-refractivity contribution in [1.29, 1.82) is 0 Å². The van der Waals surface area contributed by atoms with Crippen LogP contribution in [0.1, 0.15) is 54.7 Å². The number of piperidine rings is 2. The molecule has 3 aliphatic heterocycles. The molecule has 1 atom stereocenters. The lowest BCUT2D eigenvalue weighted by Crippen LogP contribution is -2.49. The number of anilines is 2. The Morgan fingerprint density at radius 1 is 0.961 bits per heavy atom. The molecule has 16 heteroatoms. The van der Waals surface area contributed by atoms with E-state index in [1.54, 1.807) is 4.68 Å². The van der Waals surface area contributed by atoms with E-state index in [9.17, 15) is 27.0 Å². The van der Waals surface area contributed by atoms with Crippen LogP contribution in [0.3, 0.4) is 0 Å². The molecule has 1 unspecified atom stereocenters. The average Bonchev–Trinajstić information content (AvgIpc) is 3.46. The second-order valence-corrected chi connectivity index (χ2v) is 14.9. The Labute approximate surface area is 296 Å². The number of carbonyl (C=O) groups excluding carboxylic acids is 2. The lowest BCUT2D eigenvalue weighted by Gasteiger charge is -2.32. The molecular weight excluding hydrogens is 684 g/mol. The molecule has 0 radical (unpaired) electrons. The van der Waals surface area contributed by atoms with Crippen LogP contribution < -0.4 is 15.5 Å². The monoisotopic (exact) mass is 723 g/mol. The van der Waals surface area contributed by atoms with Crippen molar-refractivity contribution in [3.63, 3.8) is 0 Å². The lowest BCUT2D eigenvalue weighted by atomic mass is 9.89. The molecule has 4 aromatic rings. The number of nitrogens with one attached hydrogen (secondary N) is 2. The molecule has 3 saturated heterocycles. The van der Waals surface area contributed by atoms with E-state index < -0.39 is 28.8 Å². The molecule has 0 aliphatic carbocycles. The molecule has 3 amide bonds. The first-order valence-electron chi connectivity index (χ1n) is 17.2. The highest BCUT2D eigenvalue weighted by atomic mass is 32.2. The summed E-state index contributed by atoms with van der Waals surface area (Å²) in [6.45, 7) is 4.34.